The molecule has 108 valence electrons. The maximum Gasteiger partial charge on any atom is 0.303 e. The molecule has 0 bridgehead atoms. The minimum Gasteiger partial charge on any atom is -0.481 e. The van der Waals surface area contributed by atoms with Gasteiger partial charge in [0, 0.05) is 18.4 Å². The van der Waals surface area contributed by atoms with Crippen molar-refractivity contribution < 1.29 is 19.8 Å². The molecule has 5 heteroatoms. The Kier molecular flexibility index (Phi) is 4.13. The molecule has 0 aromatic rings. The van der Waals surface area contributed by atoms with E-state index >= 15 is 0 Å². The van der Waals surface area contributed by atoms with E-state index in [0.29, 0.717) is 13.0 Å². The fourth-order valence-electron chi connectivity index (χ4n) is 3.12. The molecule has 0 aromatic carbocycles. The Balaban J connectivity index is 1.83. The number of hydrogen-bond donors (Lipinski definition) is 3. The second-order valence-electron chi connectivity index (χ2n) is 6.39. The van der Waals surface area contributed by atoms with E-state index in [-0.39, 0.29) is 29.8 Å². The highest BCUT2D eigenvalue weighted by Crippen LogP contribution is 2.45. The predicted molar refractivity (Wildman–Crippen MR) is 69.5 cm³/mol. The Morgan fingerprint density at radius 1 is 1.00 bits per heavy atom. The van der Waals surface area contributed by atoms with Crippen LogP contribution in [0.2, 0.25) is 0 Å². The zero-order valence-corrected chi connectivity index (χ0v) is 11.3. The van der Waals surface area contributed by atoms with Crippen LogP contribution in [-0.4, -0.2) is 35.2 Å². The topological polar surface area (TPSA) is 86.6 Å². The summed E-state index contributed by atoms with van der Waals surface area (Å²) in [6.07, 6.45) is 6.01. The van der Waals surface area contributed by atoms with E-state index < -0.39 is 5.97 Å². The van der Waals surface area contributed by atoms with Crippen molar-refractivity contribution in [2.24, 2.45) is 10.8 Å². The zero-order valence-electron chi connectivity index (χ0n) is 11.3. The number of carbonyl (C=O) groups is 2. The first-order chi connectivity index (χ1) is 8.99. The molecule has 0 unspecified atom stereocenters. The number of carboxylic acid groups (broad SMARTS) is 1. The average molecular weight is 269 g/mol. The van der Waals surface area contributed by atoms with E-state index in [1.807, 2.05) is 0 Å². The van der Waals surface area contributed by atoms with Crippen molar-refractivity contribution in [3.63, 3.8) is 0 Å². The number of carboxylic acids is 1. The molecule has 3 N–H and O–H groups in total. The Morgan fingerprint density at radius 3 is 2.11 bits per heavy atom. The molecular weight excluding hydrogens is 246 g/mol. The SMILES string of the molecule is O=C(O)CC1(CC(=O)NCC2(CO)CC2)CCCC1. The van der Waals surface area contributed by atoms with Crippen molar-refractivity contribution >= 4 is 11.9 Å². The molecule has 0 aliphatic heterocycles. The third-order valence-electron chi connectivity index (χ3n) is 4.68. The molecule has 2 fully saturated rings. The lowest BCUT2D eigenvalue weighted by Gasteiger charge is -2.26. The lowest BCUT2D eigenvalue weighted by Crippen LogP contribution is -2.36. The zero-order chi connectivity index (χ0) is 13.9. The molecule has 2 saturated carbocycles. The summed E-state index contributed by atoms with van der Waals surface area (Å²) in [6.45, 7) is 0.638. The third kappa shape index (κ3) is 3.69. The molecule has 0 radical (unpaired) electrons. The second-order valence-corrected chi connectivity index (χ2v) is 6.39. The van der Waals surface area contributed by atoms with Gasteiger partial charge in [-0.25, -0.2) is 0 Å². The normalized spacial score (nSPS) is 23.0. The molecule has 0 atom stereocenters. The number of rotatable bonds is 7. The molecule has 1 amide bonds. The minimum absolute atomic E-state index is 0.0668. The number of aliphatic carboxylic acids is 1. The first kappa shape index (κ1) is 14.3. The van der Waals surface area contributed by atoms with Crippen LogP contribution in [0.4, 0.5) is 0 Å². The van der Waals surface area contributed by atoms with Crippen LogP contribution in [0.15, 0.2) is 0 Å². The molecule has 19 heavy (non-hydrogen) atoms. The molecule has 0 aromatic heterocycles. The summed E-state index contributed by atoms with van der Waals surface area (Å²) in [5.74, 6) is -0.883. The van der Waals surface area contributed by atoms with Gasteiger partial charge in [-0.05, 0) is 31.1 Å². The highest BCUT2D eigenvalue weighted by atomic mass is 16.4. The Morgan fingerprint density at radius 2 is 1.63 bits per heavy atom. The monoisotopic (exact) mass is 269 g/mol. The summed E-state index contributed by atoms with van der Waals surface area (Å²) in [5, 5.41) is 21.1. The summed E-state index contributed by atoms with van der Waals surface area (Å²) in [6, 6.07) is 0. The first-order valence-corrected chi connectivity index (χ1v) is 7.09. The van der Waals surface area contributed by atoms with Gasteiger partial charge in [-0.15, -0.1) is 0 Å². The Hall–Kier alpha value is -1.10. The van der Waals surface area contributed by atoms with Gasteiger partial charge in [0.2, 0.25) is 5.91 Å². The van der Waals surface area contributed by atoms with E-state index in [2.05, 4.69) is 5.32 Å². The van der Waals surface area contributed by atoms with E-state index in [1.54, 1.807) is 0 Å². The van der Waals surface area contributed by atoms with E-state index in [4.69, 9.17) is 5.11 Å². The van der Waals surface area contributed by atoms with Gasteiger partial charge in [-0.2, -0.15) is 0 Å². The fourth-order valence-corrected chi connectivity index (χ4v) is 3.12. The number of aliphatic hydroxyl groups excluding tert-OH is 1. The number of amides is 1. The number of aliphatic hydroxyl groups is 1. The van der Waals surface area contributed by atoms with Crippen LogP contribution in [0.3, 0.4) is 0 Å². The summed E-state index contributed by atoms with van der Waals surface area (Å²) in [4.78, 5) is 22.9. The Bertz CT molecular complexity index is 356. The quantitative estimate of drug-likeness (QED) is 0.650. The van der Waals surface area contributed by atoms with Gasteiger partial charge in [-0.3, -0.25) is 9.59 Å². The molecule has 5 nitrogen and oxygen atoms in total. The lowest BCUT2D eigenvalue weighted by atomic mass is 9.79. The second kappa shape index (κ2) is 5.49. The van der Waals surface area contributed by atoms with Crippen LogP contribution in [0, 0.1) is 10.8 Å². The van der Waals surface area contributed by atoms with E-state index in [1.165, 1.54) is 0 Å². The minimum atomic E-state index is -0.816. The van der Waals surface area contributed by atoms with Crippen LogP contribution >= 0.6 is 0 Å². The maximum atomic E-state index is 12.0. The van der Waals surface area contributed by atoms with Gasteiger partial charge in [0.15, 0.2) is 0 Å². The lowest BCUT2D eigenvalue weighted by molar-refractivity contribution is -0.140. The van der Waals surface area contributed by atoms with Crippen LogP contribution in [-0.2, 0) is 9.59 Å². The van der Waals surface area contributed by atoms with Crippen LogP contribution < -0.4 is 5.32 Å². The van der Waals surface area contributed by atoms with Crippen molar-refractivity contribution in [3.8, 4) is 0 Å². The maximum absolute atomic E-state index is 12.0. The van der Waals surface area contributed by atoms with Gasteiger partial charge in [0.1, 0.15) is 0 Å². The molecule has 2 aliphatic rings. The van der Waals surface area contributed by atoms with Crippen molar-refractivity contribution in [1.82, 2.24) is 5.32 Å². The highest BCUT2D eigenvalue weighted by molar-refractivity contribution is 5.78. The van der Waals surface area contributed by atoms with Gasteiger partial charge in [0.25, 0.3) is 0 Å². The molecule has 0 heterocycles. The molecule has 2 aliphatic carbocycles. The number of hydrogen-bond acceptors (Lipinski definition) is 3. The third-order valence-corrected chi connectivity index (χ3v) is 4.68. The highest BCUT2D eigenvalue weighted by Gasteiger charge is 2.43. The van der Waals surface area contributed by atoms with Gasteiger partial charge >= 0.3 is 5.97 Å². The average Bonchev–Trinajstić information content (AvgIpc) is 3.01. The van der Waals surface area contributed by atoms with Gasteiger partial charge in [-0.1, -0.05) is 12.8 Å². The van der Waals surface area contributed by atoms with E-state index in [9.17, 15) is 14.7 Å². The number of nitrogens with one attached hydrogen (secondary N) is 1. The van der Waals surface area contributed by atoms with Crippen LogP contribution in [0.25, 0.3) is 0 Å². The van der Waals surface area contributed by atoms with Crippen LogP contribution in [0.5, 0.6) is 0 Å². The molecular formula is C14H23NO4. The number of carbonyl (C=O) groups excluding carboxylic acids is 1. The molecule has 0 saturated heterocycles. The summed E-state index contributed by atoms with van der Waals surface area (Å²) >= 11 is 0. The van der Waals surface area contributed by atoms with Gasteiger partial charge < -0.3 is 15.5 Å². The van der Waals surface area contributed by atoms with Crippen LogP contribution in [0.1, 0.15) is 51.4 Å². The molecule has 0 spiro atoms. The Labute approximate surface area is 113 Å². The fraction of sp³-hybridized carbons (Fsp3) is 0.857. The summed E-state index contributed by atoms with van der Waals surface area (Å²) in [5.41, 5.74) is -0.433. The smallest absolute Gasteiger partial charge is 0.303 e. The van der Waals surface area contributed by atoms with Crippen molar-refractivity contribution in [1.29, 1.82) is 0 Å². The van der Waals surface area contributed by atoms with Crippen molar-refractivity contribution in [2.75, 3.05) is 13.2 Å². The largest absolute Gasteiger partial charge is 0.481 e. The standard InChI is InChI=1S/C14H23NO4/c16-10-14(5-6-14)9-15-11(17)7-13(8-12(18)19)3-1-2-4-13/h16H,1-10H2,(H,15,17)(H,18,19). The summed E-state index contributed by atoms with van der Waals surface area (Å²) in [7, 11) is 0. The summed E-state index contributed by atoms with van der Waals surface area (Å²) < 4.78 is 0. The van der Waals surface area contributed by atoms with Gasteiger partial charge in [0.05, 0.1) is 13.0 Å². The molecule has 2 rings (SSSR count). The van der Waals surface area contributed by atoms with Crippen molar-refractivity contribution in [2.45, 2.75) is 51.4 Å². The van der Waals surface area contributed by atoms with E-state index in [0.717, 1.165) is 38.5 Å². The predicted octanol–water partition coefficient (Wildman–Crippen LogP) is 1.30. The van der Waals surface area contributed by atoms with Crippen molar-refractivity contribution in [3.05, 3.63) is 0 Å². The first-order valence-electron chi connectivity index (χ1n) is 7.09.